The molecule has 0 rings (SSSR count). The SMILES string of the molecule is CCN(C)CC(C)(C)[O][Pb]. The van der Waals surface area contributed by atoms with Crippen LogP contribution in [0.5, 0.6) is 0 Å². The van der Waals surface area contributed by atoms with Crippen LogP contribution in [0.25, 0.3) is 0 Å². The Morgan fingerprint density at radius 3 is 2.30 bits per heavy atom. The fraction of sp³-hybridized carbons (Fsp3) is 1.00. The molecule has 0 aromatic carbocycles. The summed E-state index contributed by atoms with van der Waals surface area (Å²) in [5.74, 6) is 0. The van der Waals surface area contributed by atoms with Gasteiger partial charge in [-0.05, 0) is 0 Å². The average molecular weight is 337 g/mol. The van der Waals surface area contributed by atoms with Crippen molar-refractivity contribution in [1.29, 1.82) is 0 Å². The number of likely N-dealkylation sites (N-methyl/N-ethyl adjacent to an activating group) is 1. The predicted molar refractivity (Wildman–Crippen MR) is 44.1 cm³/mol. The van der Waals surface area contributed by atoms with Gasteiger partial charge in [-0.3, -0.25) is 0 Å². The first-order valence-corrected chi connectivity index (χ1v) is 5.14. The van der Waals surface area contributed by atoms with Crippen LogP contribution < -0.4 is 0 Å². The van der Waals surface area contributed by atoms with Crippen molar-refractivity contribution in [3.63, 3.8) is 0 Å². The molecule has 3 heteroatoms. The molecular weight excluding hydrogens is 321 g/mol. The molecule has 0 N–H and O–H groups in total. The molecule has 0 spiro atoms. The topological polar surface area (TPSA) is 12.5 Å². The fourth-order valence-electron chi connectivity index (χ4n) is 0.794. The molecule has 0 heterocycles. The first-order chi connectivity index (χ1) is 4.52. The third-order valence-corrected chi connectivity index (χ3v) is 3.61. The molecule has 0 aliphatic carbocycles. The summed E-state index contributed by atoms with van der Waals surface area (Å²) in [7, 11) is 2.11. The van der Waals surface area contributed by atoms with Gasteiger partial charge in [0.1, 0.15) is 0 Å². The first kappa shape index (κ1) is 10.8. The molecule has 10 heavy (non-hydrogen) atoms. The van der Waals surface area contributed by atoms with E-state index in [2.05, 4.69) is 32.7 Å². The van der Waals surface area contributed by atoms with Crippen LogP contribution in [0.1, 0.15) is 20.8 Å². The van der Waals surface area contributed by atoms with Gasteiger partial charge < -0.3 is 0 Å². The van der Waals surface area contributed by atoms with Crippen molar-refractivity contribution in [2.45, 2.75) is 26.4 Å². The molecule has 0 aromatic rings. The van der Waals surface area contributed by atoms with Gasteiger partial charge in [0.15, 0.2) is 0 Å². The van der Waals surface area contributed by atoms with Gasteiger partial charge in [-0.1, -0.05) is 0 Å². The summed E-state index contributed by atoms with van der Waals surface area (Å²) in [5.41, 5.74) is 0.0526. The third-order valence-electron chi connectivity index (χ3n) is 1.47. The summed E-state index contributed by atoms with van der Waals surface area (Å²) < 4.78 is 5.41. The Morgan fingerprint density at radius 2 is 2.00 bits per heavy atom. The van der Waals surface area contributed by atoms with Crippen LogP contribution in [0.15, 0.2) is 0 Å². The maximum absolute atomic E-state index is 5.41. The van der Waals surface area contributed by atoms with Gasteiger partial charge in [-0.2, -0.15) is 0 Å². The molecule has 0 saturated heterocycles. The standard InChI is InChI=1S/C7H16NO.Pb/c1-5-8(4)6-7(2,3)9;/h5-6H2,1-4H3;/q-1;+1. The molecule has 2 nitrogen and oxygen atoms in total. The molecule has 0 atom stereocenters. The monoisotopic (exact) mass is 338 g/mol. The van der Waals surface area contributed by atoms with Gasteiger partial charge in [0, 0.05) is 0 Å². The number of rotatable bonds is 4. The quantitative estimate of drug-likeness (QED) is 0.704. The Bertz CT molecular complexity index is 95.6. The van der Waals surface area contributed by atoms with Crippen LogP contribution >= 0.6 is 0 Å². The zero-order valence-electron chi connectivity index (χ0n) is 7.27. The Kier molecular flexibility index (Phi) is 5.06. The van der Waals surface area contributed by atoms with Crippen molar-refractivity contribution in [1.82, 2.24) is 4.90 Å². The van der Waals surface area contributed by atoms with E-state index in [-0.39, 0.29) is 5.60 Å². The Labute approximate surface area is 80.3 Å². The maximum atomic E-state index is 5.41. The zero-order chi connectivity index (χ0) is 8.20. The second-order valence-electron chi connectivity index (χ2n) is 3.19. The summed E-state index contributed by atoms with van der Waals surface area (Å²) in [6.45, 7) is 8.53. The van der Waals surface area contributed by atoms with E-state index in [9.17, 15) is 0 Å². The molecule has 3 radical (unpaired) electrons. The molecule has 0 amide bonds. The van der Waals surface area contributed by atoms with E-state index in [1.165, 1.54) is 0 Å². The van der Waals surface area contributed by atoms with Crippen molar-refractivity contribution in [2.75, 3.05) is 20.1 Å². The van der Waals surface area contributed by atoms with Gasteiger partial charge in [-0.25, -0.2) is 0 Å². The normalized spacial score (nSPS) is 12.6. The first-order valence-electron chi connectivity index (χ1n) is 3.55. The Hall–Kier alpha value is 0.842. The summed E-state index contributed by atoms with van der Waals surface area (Å²) in [5, 5.41) is 0. The molecule has 0 aliphatic rings. The minimum absolute atomic E-state index is 0.0526. The van der Waals surface area contributed by atoms with Gasteiger partial charge in [0.05, 0.1) is 0 Å². The van der Waals surface area contributed by atoms with Crippen LogP contribution in [0.2, 0.25) is 0 Å². The van der Waals surface area contributed by atoms with E-state index in [1.807, 2.05) is 0 Å². The van der Waals surface area contributed by atoms with E-state index in [0.29, 0.717) is 0 Å². The van der Waals surface area contributed by atoms with Crippen molar-refractivity contribution < 1.29 is 2.69 Å². The van der Waals surface area contributed by atoms with Gasteiger partial charge in [0.2, 0.25) is 0 Å². The second kappa shape index (κ2) is 4.67. The van der Waals surface area contributed by atoms with Crippen LogP contribution in [-0.2, 0) is 2.69 Å². The zero-order valence-corrected chi connectivity index (χ0v) is 11.2. The van der Waals surface area contributed by atoms with Crippen molar-refractivity contribution >= 4 is 26.2 Å². The van der Waals surface area contributed by atoms with Crippen molar-refractivity contribution in [3.05, 3.63) is 0 Å². The van der Waals surface area contributed by atoms with E-state index >= 15 is 0 Å². The summed E-state index contributed by atoms with van der Waals surface area (Å²) in [6, 6.07) is 0. The minimum atomic E-state index is 0.0526. The second-order valence-corrected chi connectivity index (χ2v) is 3.99. The fourth-order valence-corrected chi connectivity index (χ4v) is 1.05. The average Bonchev–Trinajstić information content (AvgIpc) is 1.87. The molecule has 0 unspecified atom stereocenters. The van der Waals surface area contributed by atoms with Crippen LogP contribution in [0, 0.1) is 0 Å². The molecule has 0 fully saturated rings. The number of nitrogens with zero attached hydrogens (tertiary/aromatic N) is 1. The molecule has 0 aromatic heterocycles. The van der Waals surface area contributed by atoms with E-state index < -0.39 is 0 Å². The molecule has 0 bridgehead atoms. The third kappa shape index (κ3) is 4.63. The Balaban J connectivity index is 3.64. The van der Waals surface area contributed by atoms with E-state index in [4.69, 9.17) is 2.69 Å². The van der Waals surface area contributed by atoms with E-state index in [1.54, 1.807) is 0 Å². The van der Waals surface area contributed by atoms with Crippen LogP contribution in [0.4, 0.5) is 0 Å². The van der Waals surface area contributed by atoms with Crippen LogP contribution in [-0.4, -0.2) is 56.9 Å². The number of hydrogen-bond donors (Lipinski definition) is 0. The van der Waals surface area contributed by atoms with Crippen molar-refractivity contribution in [2.24, 2.45) is 0 Å². The molecule has 0 saturated carbocycles. The molecule has 0 aliphatic heterocycles. The molecule has 59 valence electrons. The number of hydrogen-bond acceptors (Lipinski definition) is 2. The Morgan fingerprint density at radius 1 is 1.50 bits per heavy atom. The molecular formula is C7H16NOPb. The van der Waals surface area contributed by atoms with Crippen molar-refractivity contribution in [3.8, 4) is 0 Å². The summed E-state index contributed by atoms with van der Waals surface area (Å²) in [6.07, 6.45) is 0. The van der Waals surface area contributed by atoms with Gasteiger partial charge in [0.25, 0.3) is 0 Å². The van der Waals surface area contributed by atoms with Crippen LogP contribution in [0.3, 0.4) is 0 Å². The van der Waals surface area contributed by atoms with E-state index in [0.717, 1.165) is 39.3 Å². The predicted octanol–water partition coefficient (Wildman–Crippen LogP) is 0.817. The summed E-state index contributed by atoms with van der Waals surface area (Å²) >= 11 is 0.829. The van der Waals surface area contributed by atoms with Gasteiger partial charge in [-0.15, -0.1) is 0 Å². The summed E-state index contributed by atoms with van der Waals surface area (Å²) in [4.78, 5) is 2.26. The van der Waals surface area contributed by atoms with Gasteiger partial charge >= 0.3 is 80.3 Å².